The molecule has 5 heteroatoms. The molecule has 0 aliphatic carbocycles. The second-order valence-corrected chi connectivity index (χ2v) is 5.83. The zero-order valence-corrected chi connectivity index (χ0v) is 12.5. The lowest BCUT2D eigenvalue weighted by molar-refractivity contribution is -0.0311. The number of nitrogens with zero attached hydrogens (tertiary/aromatic N) is 3. The molecule has 2 aromatic rings. The van der Waals surface area contributed by atoms with Gasteiger partial charge >= 0.3 is 0 Å². The van der Waals surface area contributed by atoms with Gasteiger partial charge in [-0.3, -0.25) is 9.88 Å². The van der Waals surface area contributed by atoms with E-state index in [9.17, 15) is 5.11 Å². The molecule has 3 rings (SSSR count). The van der Waals surface area contributed by atoms with Crippen LogP contribution >= 0.6 is 0 Å². The first-order valence-corrected chi connectivity index (χ1v) is 7.36. The summed E-state index contributed by atoms with van der Waals surface area (Å²) in [6.07, 6.45) is 3.14. The lowest BCUT2D eigenvalue weighted by Crippen LogP contribution is -2.42. The summed E-state index contributed by atoms with van der Waals surface area (Å²) in [6.45, 7) is 6.44. The van der Waals surface area contributed by atoms with Crippen molar-refractivity contribution in [3.8, 4) is 0 Å². The van der Waals surface area contributed by atoms with Crippen LogP contribution in [-0.2, 0) is 12.1 Å². The van der Waals surface area contributed by atoms with Gasteiger partial charge in [-0.2, -0.15) is 0 Å². The summed E-state index contributed by atoms with van der Waals surface area (Å²) < 4.78 is 5.21. The summed E-state index contributed by atoms with van der Waals surface area (Å²) in [5.41, 5.74) is 2.11. The average molecular weight is 287 g/mol. The Morgan fingerprint density at radius 2 is 2.05 bits per heavy atom. The molecular weight excluding hydrogens is 266 g/mol. The van der Waals surface area contributed by atoms with E-state index in [1.165, 1.54) is 5.56 Å². The van der Waals surface area contributed by atoms with Gasteiger partial charge in [0.05, 0.1) is 11.4 Å². The molecule has 1 aliphatic rings. The molecule has 0 saturated carbocycles. The van der Waals surface area contributed by atoms with E-state index < -0.39 is 5.60 Å². The summed E-state index contributed by atoms with van der Waals surface area (Å²) in [5.74, 6) is 0.887. The van der Waals surface area contributed by atoms with Crippen LogP contribution in [0.4, 0.5) is 0 Å². The Hall–Kier alpha value is -1.72. The minimum absolute atomic E-state index is 0.702. The zero-order valence-electron chi connectivity index (χ0n) is 12.5. The van der Waals surface area contributed by atoms with Crippen LogP contribution in [0.1, 0.15) is 35.6 Å². The molecule has 2 aromatic heterocycles. The Bertz CT molecular complexity index is 582. The minimum atomic E-state index is -0.795. The highest BCUT2D eigenvalue weighted by Crippen LogP contribution is 2.32. The van der Waals surface area contributed by atoms with Crippen molar-refractivity contribution < 1.29 is 9.63 Å². The van der Waals surface area contributed by atoms with Crippen LogP contribution in [0.15, 0.2) is 28.9 Å². The van der Waals surface area contributed by atoms with Crippen molar-refractivity contribution in [2.75, 3.05) is 13.1 Å². The highest BCUT2D eigenvalue weighted by atomic mass is 16.5. The number of hydrogen-bond acceptors (Lipinski definition) is 5. The number of likely N-dealkylation sites (tertiary alicyclic amines) is 1. The molecule has 3 heterocycles. The van der Waals surface area contributed by atoms with Gasteiger partial charge in [-0.1, -0.05) is 11.2 Å². The van der Waals surface area contributed by atoms with Gasteiger partial charge in [-0.25, -0.2) is 0 Å². The molecule has 1 fully saturated rings. The second-order valence-electron chi connectivity index (χ2n) is 5.83. The van der Waals surface area contributed by atoms with E-state index in [1.807, 2.05) is 32.0 Å². The van der Waals surface area contributed by atoms with Gasteiger partial charge in [0.25, 0.3) is 0 Å². The van der Waals surface area contributed by atoms with Crippen molar-refractivity contribution in [2.24, 2.45) is 0 Å². The first-order chi connectivity index (χ1) is 10.1. The Morgan fingerprint density at radius 1 is 1.29 bits per heavy atom. The number of aromatic nitrogens is 2. The third-order valence-corrected chi connectivity index (χ3v) is 4.39. The van der Waals surface area contributed by atoms with Gasteiger partial charge in [0.2, 0.25) is 0 Å². The van der Waals surface area contributed by atoms with E-state index in [4.69, 9.17) is 4.52 Å². The predicted molar refractivity (Wildman–Crippen MR) is 78.6 cm³/mol. The summed E-state index contributed by atoms with van der Waals surface area (Å²) in [4.78, 5) is 6.65. The van der Waals surface area contributed by atoms with Crippen molar-refractivity contribution in [2.45, 2.75) is 38.8 Å². The average Bonchev–Trinajstić information content (AvgIpc) is 2.82. The van der Waals surface area contributed by atoms with Crippen LogP contribution in [0.25, 0.3) is 0 Å². The van der Waals surface area contributed by atoms with Crippen LogP contribution in [0.2, 0.25) is 0 Å². The van der Waals surface area contributed by atoms with Crippen LogP contribution in [0, 0.1) is 13.8 Å². The van der Waals surface area contributed by atoms with Crippen molar-refractivity contribution in [3.63, 3.8) is 0 Å². The second kappa shape index (κ2) is 5.58. The topological polar surface area (TPSA) is 62.4 Å². The van der Waals surface area contributed by atoms with Crippen molar-refractivity contribution >= 4 is 0 Å². The molecule has 112 valence electrons. The van der Waals surface area contributed by atoms with Gasteiger partial charge in [0.1, 0.15) is 11.4 Å². The fourth-order valence-electron chi connectivity index (χ4n) is 2.93. The smallest absolute Gasteiger partial charge is 0.138 e. The van der Waals surface area contributed by atoms with Gasteiger partial charge in [-0.05, 0) is 38.8 Å². The zero-order chi connectivity index (χ0) is 14.9. The molecule has 1 saturated heterocycles. The first-order valence-electron chi connectivity index (χ1n) is 7.36. The lowest BCUT2D eigenvalue weighted by atomic mass is 9.87. The summed E-state index contributed by atoms with van der Waals surface area (Å²) >= 11 is 0. The highest BCUT2D eigenvalue weighted by Gasteiger charge is 2.35. The minimum Gasteiger partial charge on any atom is -0.383 e. The Kier molecular flexibility index (Phi) is 3.78. The summed E-state index contributed by atoms with van der Waals surface area (Å²) in [5, 5.41) is 14.8. The fraction of sp³-hybridized carbons (Fsp3) is 0.500. The SMILES string of the molecule is Cc1noc(C)c1CN1CCC(O)(c2ccccn2)CC1. The molecule has 0 radical (unpaired) electrons. The van der Waals surface area contributed by atoms with Crippen molar-refractivity contribution in [1.82, 2.24) is 15.0 Å². The summed E-state index contributed by atoms with van der Waals surface area (Å²) in [7, 11) is 0. The third kappa shape index (κ3) is 2.84. The third-order valence-electron chi connectivity index (χ3n) is 4.39. The maximum atomic E-state index is 10.8. The van der Waals surface area contributed by atoms with Crippen molar-refractivity contribution in [1.29, 1.82) is 0 Å². The molecule has 1 aliphatic heterocycles. The standard InChI is InChI=1S/C16H21N3O2/c1-12-14(13(2)21-18-12)11-19-9-6-16(20,7-10-19)15-5-3-4-8-17-15/h3-5,8,20H,6-7,9-11H2,1-2H3. The van der Waals surface area contributed by atoms with E-state index in [-0.39, 0.29) is 0 Å². The highest BCUT2D eigenvalue weighted by molar-refractivity contribution is 5.21. The van der Waals surface area contributed by atoms with Gasteiger partial charge < -0.3 is 9.63 Å². The quantitative estimate of drug-likeness (QED) is 0.937. The van der Waals surface area contributed by atoms with E-state index in [0.29, 0.717) is 12.8 Å². The molecular formula is C16H21N3O2. The molecule has 0 spiro atoms. The van der Waals surface area contributed by atoms with E-state index in [2.05, 4.69) is 15.0 Å². The molecule has 21 heavy (non-hydrogen) atoms. The fourth-order valence-corrected chi connectivity index (χ4v) is 2.93. The first kappa shape index (κ1) is 14.2. The molecule has 1 N–H and O–H groups in total. The normalized spacial score (nSPS) is 18.8. The number of pyridine rings is 1. The lowest BCUT2D eigenvalue weighted by Gasteiger charge is -2.37. The molecule has 0 atom stereocenters. The van der Waals surface area contributed by atoms with Crippen molar-refractivity contribution in [3.05, 3.63) is 47.1 Å². The van der Waals surface area contributed by atoms with E-state index in [0.717, 1.165) is 36.8 Å². The predicted octanol–water partition coefficient (Wildman–Crippen LogP) is 2.17. The number of aliphatic hydroxyl groups is 1. The maximum Gasteiger partial charge on any atom is 0.138 e. The number of rotatable bonds is 3. The molecule has 0 unspecified atom stereocenters. The van der Waals surface area contributed by atoms with Crippen LogP contribution in [-0.4, -0.2) is 33.2 Å². The molecule has 0 bridgehead atoms. The largest absolute Gasteiger partial charge is 0.383 e. The van der Waals surface area contributed by atoms with Gasteiger partial charge in [0.15, 0.2) is 0 Å². The summed E-state index contributed by atoms with van der Waals surface area (Å²) in [6, 6.07) is 5.71. The van der Waals surface area contributed by atoms with Crippen LogP contribution in [0.5, 0.6) is 0 Å². The molecule has 0 aromatic carbocycles. The van der Waals surface area contributed by atoms with Crippen LogP contribution < -0.4 is 0 Å². The Balaban J connectivity index is 1.66. The van der Waals surface area contributed by atoms with Crippen LogP contribution in [0.3, 0.4) is 0 Å². The number of piperidine rings is 1. The maximum absolute atomic E-state index is 10.8. The molecule has 5 nitrogen and oxygen atoms in total. The Labute approximate surface area is 124 Å². The monoisotopic (exact) mass is 287 g/mol. The van der Waals surface area contributed by atoms with E-state index >= 15 is 0 Å². The Morgan fingerprint density at radius 3 is 2.62 bits per heavy atom. The van der Waals surface area contributed by atoms with Gasteiger partial charge in [0, 0.05) is 31.4 Å². The van der Waals surface area contributed by atoms with Gasteiger partial charge in [-0.15, -0.1) is 0 Å². The van der Waals surface area contributed by atoms with E-state index in [1.54, 1.807) is 6.20 Å². The molecule has 0 amide bonds. The number of hydrogen-bond donors (Lipinski definition) is 1. The number of aryl methyl sites for hydroxylation is 2.